The molecular weight excluding hydrogens is 272 g/mol. The summed E-state index contributed by atoms with van der Waals surface area (Å²) in [6, 6.07) is 19.0. The molecule has 0 heterocycles. The normalized spacial score (nSPS) is 11.4. The quantitative estimate of drug-likeness (QED) is 0.670. The van der Waals surface area contributed by atoms with Gasteiger partial charge in [-0.25, -0.2) is 0 Å². The van der Waals surface area contributed by atoms with Crippen LogP contribution < -0.4 is 0 Å². The molecule has 1 nitrogen and oxygen atoms in total. The van der Waals surface area contributed by atoms with Gasteiger partial charge in [0, 0.05) is 6.61 Å². The third-order valence-electron chi connectivity index (χ3n) is 3.35. The van der Waals surface area contributed by atoms with E-state index in [1.807, 2.05) is 18.2 Å². The van der Waals surface area contributed by atoms with Gasteiger partial charge in [0.1, 0.15) is 0 Å². The molecule has 0 amide bonds. The van der Waals surface area contributed by atoms with Crippen LogP contribution in [-0.4, -0.2) is 14.9 Å². The van der Waals surface area contributed by atoms with Crippen molar-refractivity contribution in [3.8, 4) is 0 Å². The number of hydrogen-bond acceptors (Lipinski definition) is 1. The SMILES string of the molecule is C=C(c1ccccc1)c1ccc(CCO[Si](C)(C)C)cc1. The van der Waals surface area contributed by atoms with Crippen LogP contribution in [0.2, 0.25) is 19.6 Å². The van der Waals surface area contributed by atoms with Crippen LogP contribution in [0.15, 0.2) is 61.2 Å². The lowest BCUT2D eigenvalue weighted by Gasteiger charge is -2.17. The molecule has 2 heteroatoms. The number of rotatable bonds is 6. The van der Waals surface area contributed by atoms with E-state index in [4.69, 9.17) is 4.43 Å². The fourth-order valence-electron chi connectivity index (χ4n) is 2.15. The van der Waals surface area contributed by atoms with Crippen LogP contribution in [-0.2, 0) is 10.8 Å². The molecular formula is C19H24OSi. The van der Waals surface area contributed by atoms with Crippen LogP contribution in [0.4, 0.5) is 0 Å². The molecule has 0 N–H and O–H groups in total. The predicted octanol–water partition coefficient (Wildman–Crippen LogP) is 5.14. The molecule has 0 unspecified atom stereocenters. The first kappa shape index (κ1) is 15.7. The van der Waals surface area contributed by atoms with Gasteiger partial charge in [-0.15, -0.1) is 0 Å². The summed E-state index contributed by atoms with van der Waals surface area (Å²) in [4.78, 5) is 0. The largest absolute Gasteiger partial charge is 0.417 e. The van der Waals surface area contributed by atoms with E-state index < -0.39 is 8.32 Å². The zero-order valence-corrected chi connectivity index (χ0v) is 14.2. The van der Waals surface area contributed by atoms with E-state index in [1.54, 1.807) is 0 Å². The molecule has 2 aromatic rings. The highest BCUT2D eigenvalue weighted by Gasteiger charge is 2.13. The van der Waals surface area contributed by atoms with Crippen molar-refractivity contribution in [2.45, 2.75) is 26.1 Å². The van der Waals surface area contributed by atoms with E-state index >= 15 is 0 Å². The predicted molar refractivity (Wildman–Crippen MR) is 94.0 cm³/mol. The maximum absolute atomic E-state index is 5.90. The first-order valence-corrected chi connectivity index (χ1v) is 10.8. The molecule has 0 aliphatic carbocycles. The summed E-state index contributed by atoms with van der Waals surface area (Å²) in [5.74, 6) is 0. The molecule has 0 spiro atoms. The molecule has 2 rings (SSSR count). The van der Waals surface area contributed by atoms with Crippen molar-refractivity contribution >= 4 is 13.9 Å². The van der Waals surface area contributed by atoms with Gasteiger partial charge in [-0.3, -0.25) is 0 Å². The van der Waals surface area contributed by atoms with Crippen molar-refractivity contribution in [1.29, 1.82) is 0 Å². The topological polar surface area (TPSA) is 9.23 Å². The van der Waals surface area contributed by atoms with Crippen LogP contribution in [0.25, 0.3) is 5.57 Å². The first-order chi connectivity index (χ1) is 9.96. The Labute approximate surface area is 129 Å². The lowest BCUT2D eigenvalue weighted by molar-refractivity contribution is 0.316. The van der Waals surface area contributed by atoms with Crippen molar-refractivity contribution in [3.05, 3.63) is 77.9 Å². The van der Waals surface area contributed by atoms with Crippen molar-refractivity contribution in [1.82, 2.24) is 0 Å². The third kappa shape index (κ3) is 4.99. The van der Waals surface area contributed by atoms with E-state index in [0.29, 0.717) is 0 Å². The van der Waals surface area contributed by atoms with Crippen molar-refractivity contribution in [2.24, 2.45) is 0 Å². The second-order valence-electron chi connectivity index (χ2n) is 6.25. The molecule has 0 atom stereocenters. The minimum atomic E-state index is -1.40. The molecule has 110 valence electrons. The molecule has 0 aromatic heterocycles. The summed E-state index contributed by atoms with van der Waals surface area (Å²) in [6.45, 7) is 11.7. The first-order valence-electron chi connectivity index (χ1n) is 7.43. The highest BCUT2D eigenvalue weighted by Crippen LogP contribution is 2.21. The average Bonchev–Trinajstić information content (AvgIpc) is 2.47. The Morgan fingerprint density at radius 3 is 2.05 bits per heavy atom. The van der Waals surface area contributed by atoms with Gasteiger partial charge in [0.2, 0.25) is 0 Å². The van der Waals surface area contributed by atoms with Crippen molar-refractivity contribution in [3.63, 3.8) is 0 Å². The van der Waals surface area contributed by atoms with Crippen LogP contribution in [0.1, 0.15) is 16.7 Å². The summed E-state index contributed by atoms with van der Waals surface area (Å²) in [5.41, 5.74) is 4.74. The maximum Gasteiger partial charge on any atom is 0.183 e. The summed E-state index contributed by atoms with van der Waals surface area (Å²) in [6.07, 6.45) is 0.975. The summed E-state index contributed by atoms with van der Waals surface area (Å²) in [5, 5.41) is 0. The molecule has 0 saturated heterocycles. The fraction of sp³-hybridized carbons (Fsp3) is 0.263. The second kappa shape index (κ2) is 6.88. The molecule has 2 aromatic carbocycles. The van der Waals surface area contributed by atoms with E-state index in [2.05, 4.69) is 62.6 Å². The zero-order valence-electron chi connectivity index (χ0n) is 13.2. The van der Waals surface area contributed by atoms with Gasteiger partial charge in [-0.1, -0.05) is 61.2 Å². The van der Waals surface area contributed by atoms with Gasteiger partial charge in [0.15, 0.2) is 8.32 Å². The van der Waals surface area contributed by atoms with E-state index in [1.165, 1.54) is 16.7 Å². The summed E-state index contributed by atoms with van der Waals surface area (Å²) in [7, 11) is -1.40. The molecule has 0 saturated carbocycles. The van der Waals surface area contributed by atoms with Gasteiger partial charge >= 0.3 is 0 Å². The Morgan fingerprint density at radius 1 is 0.905 bits per heavy atom. The Balaban J connectivity index is 1.98. The minimum absolute atomic E-state index is 0.814. The summed E-state index contributed by atoms with van der Waals surface area (Å²) >= 11 is 0. The molecule has 0 fully saturated rings. The molecule has 0 aliphatic rings. The van der Waals surface area contributed by atoms with Gasteiger partial charge in [-0.05, 0) is 48.3 Å². The van der Waals surface area contributed by atoms with Gasteiger partial charge < -0.3 is 4.43 Å². The van der Waals surface area contributed by atoms with Gasteiger partial charge in [0.05, 0.1) is 0 Å². The number of benzene rings is 2. The zero-order chi connectivity index (χ0) is 15.3. The summed E-state index contributed by atoms with van der Waals surface area (Å²) < 4.78 is 5.90. The monoisotopic (exact) mass is 296 g/mol. The van der Waals surface area contributed by atoms with Crippen LogP contribution in [0, 0.1) is 0 Å². The maximum atomic E-state index is 5.90. The molecule has 0 bridgehead atoms. The molecule has 21 heavy (non-hydrogen) atoms. The Hall–Kier alpha value is -1.64. The highest BCUT2D eigenvalue weighted by atomic mass is 28.4. The average molecular weight is 296 g/mol. The molecule has 0 aliphatic heterocycles. The Morgan fingerprint density at radius 2 is 1.48 bits per heavy atom. The highest BCUT2D eigenvalue weighted by molar-refractivity contribution is 6.69. The van der Waals surface area contributed by atoms with E-state index in [9.17, 15) is 0 Å². The van der Waals surface area contributed by atoms with Crippen molar-refractivity contribution < 1.29 is 4.43 Å². The van der Waals surface area contributed by atoms with Crippen LogP contribution >= 0.6 is 0 Å². The van der Waals surface area contributed by atoms with Gasteiger partial charge in [0.25, 0.3) is 0 Å². The standard InChI is InChI=1S/C19H24OSi/c1-16(18-8-6-5-7-9-18)19-12-10-17(11-13-19)14-15-20-21(2,3)4/h5-13H,1,14-15H2,2-4H3. The lowest BCUT2D eigenvalue weighted by atomic mass is 9.98. The van der Waals surface area contributed by atoms with E-state index in [0.717, 1.165) is 18.6 Å². The lowest BCUT2D eigenvalue weighted by Crippen LogP contribution is -2.26. The van der Waals surface area contributed by atoms with Crippen molar-refractivity contribution in [2.75, 3.05) is 6.61 Å². The Bertz CT molecular complexity index is 579. The van der Waals surface area contributed by atoms with Gasteiger partial charge in [-0.2, -0.15) is 0 Å². The van der Waals surface area contributed by atoms with E-state index in [-0.39, 0.29) is 0 Å². The Kier molecular flexibility index (Phi) is 5.15. The van der Waals surface area contributed by atoms with Crippen LogP contribution in [0.5, 0.6) is 0 Å². The molecule has 0 radical (unpaired) electrons. The smallest absolute Gasteiger partial charge is 0.183 e. The second-order valence-corrected chi connectivity index (χ2v) is 10.8. The minimum Gasteiger partial charge on any atom is -0.417 e. The third-order valence-corrected chi connectivity index (χ3v) is 4.42. The number of hydrogen-bond donors (Lipinski definition) is 0. The fourth-order valence-corrected chi connectivity index (χ4v) is 2.87. The van der Waals surface area contributed by atoms with Crippen LogP contribution in [0.3, 0.4) is 0 Å².